The van der Waals surface area contributed by atoms with E-state index in [-0.39, 0.29) is 16.8 Å². The number of urea groups is 1. The van der Waals surface area contributed by atoms with Crippen LogP contribution < -0.4 is 14.9 Å². The Hall–Kier alpha value is -1.51. The molecule has 7 nitrogen and oxygen atoms in total. The van der Waals surface area contributed by atoms with Crippen LogP contribution in [0.15, 0.2) is 18.2 Å². The minimum Gasteiger partial charge on any atom is -0.383 e. The Kier molecular flexibility index (Phi) is 6.09. The van der Waals surface area contributed by atoms with E-state index in [1.807, 2.05) is 0 Å². The number of nitrogens with zero attached hydrogens (tertiary/aromatic N) is 1. The number of carbonyl (C=O) groups excluding carboxylic acids is 1. The summed E-state index contributed by atoms with van der Waals surface area (Å²) in [6, 6.07) is 4.39. The Bertz CT molecular complexity index is 666. The molecule has 1 saturated heterocycles. The molecule has 0 atom stereocenters. The lowest BCUT2D eigenvalue weighted by Crippen LogP contribution is -2.38. The zero-order chi connectivity index (χ0) is 16.9. The maximum absolute atomic E-state index is 12.1. The van der Waals surface area contributed by atoms with Gasteiger partial charge in [0.1, 0.15) is 0 Å². The van der Waals surface area contributed by atoms with Gasteiger partial charge in [0.2, 0.25) is 10.0 Å². The fourth-order valence-corrected chi connectivity index (χ4v) is 4.28. The van der Waals surface area contributed by atoms with E-state index in [0.29, 0.717) is 37.5 Å². The molecule has 2 rings (SSSR count). The lowest BCUT2D eigenvalue weighted by Gasteiger charge is -2.29. The molecular weight excluding hydrogens is 342 g/mol. The Labute approximate surface area is 141 Å². The highest BCUT2D eigenvalue weighted by Gasteiger charge is 2.27. The molecule has 0 saturated carbocycles. The second-order valence-corrected chi connectivity index (χ2v) is 7.56. The smallest absolute Gasteiger partial charge is 0.319 e. The van der Waals surface area contributed by atoms with Crippen molar-refractivity contribution in [3.63, 3.8) is 0 Å². The van der Waals surface area contributed by atoms with E-state index in [4.69, 9.17) is 16.3 Å². The summed E-state index contributed by atoms with van der Waals surface area (Å²) in [6.45, 7) is 1.23. The highest BCUT2D eigenvalue weighted by Crippen LogP contribution is 2.32. The third-order valence-electron chi connectivity index (χ3n) is 3.42. The van der Waals surface area contributed by atoms with Gasteiger partial charge in [0.25, 0.3) is 0 Å². The summed E-state index contributed by atoms with van der Waals surface area (Å²) in [5.74, 6) is 0.130. The number of amides is 2. The SMILES string of the molecule is COCCNC(=O)Nc1ccc(N2CCCCS2(=O)=O)c(Cl)c1. The van der Waals surface area contributed by atoms with Crippen LogP contribution in [-0.2, 0) is 14.8 Å². The van der Waals surface area contributed by atoms with Gasteiger partial charge in [-0.2, -0.15) is 0 Å². The van der Waals surface area contributed by atoms with Gasteiger partial charge in [-0.05, 0) is 31.0 Å². The molecule has 0 bridgehead atoms. The highest BCUT2D eigenvalue weighted by atomic mass is 35.5. The van der Waals surface area contributed by atoms with E-state index < -0.39 is 10.0 Å². The largest absolute Gasteiger partial charge is 0.383 e. The third-order valence-corrected chi connectivity index (χ3v) is 5.57. The first kappa shape index (κ1) is 17.8. The molecule has 1 aromatic carbocycles. The van der Waals surface area contributed by atoms with Gasteiger partial charge in [-0.25, -0.2) is 13.2 Å². The van der Waals surface area contributed by atoms with Crippen LogP contribution in [-0.4, -0.2) is 47.0 Å². The molecule has 128 valence electrons. The Morgan fingerprint density at radius 2 is 2.17 bits per heavy atom. The fraction of sp³-hybridized carbons (Fsp3) is 0.500. The Morgan fingerprint density at radius 1 is 1.39 bits per heavy atom. The summed E-state index contributed by atoms with van der Waals surface area (Å²) in [5, 5.41) is 5.54. The van der Waals surface area contributed by atoms with Gasteiger partial charge in [-0.3, -0.25) is 4.31 Å². The van der Waals surface area contributed by atoms with Gasteiger partial charge in [-0.15, -0.1) is 0 Å². The molecule has 1 heterocycles. The summed E-state index contributed by atoms with van der Waals surface area (Å²) in [4.78, 5) is 11.7. The minimum atomic E-state index is -3.31. The van der Waals surface area contributed by atoms with Crippen molar-refractivity contribution < 1.29 is 17.9 Å². The molecule has 0 aromatic heterocycles. The number of rotatable bonds is 5. The van der Waals surface area contributed by atoms with Gasteiger partial charge in [0, 0.05) is 25.9 Å². The molecule has 23 heavy (non-hydrogen) atoms. The average molecular weight is 362 g/mol. The topological polar surface area (TPSA) is 87.7 Å². The number of halogens is 1. The average Bonchev–Trinajstić information content (AvgIpc) is 2.48. The van der Waals surface area contributed by atoms with Gasteiger partial charge in [0.05, 0.1) is 23.1 Å². The normalized spacial score (nSPS) is 16.9. The van der Waals surface area contributed by atoms with E-state index >= 15 is 0 Å². The second kappa shape index (κ2) is 7.85. The van der Waals surface area contributed by atoms with Crippen molar-refractivity contribution in [1.82, 2.24) is 5.32 Å². The molecule has 2 N–H and O–H groups in total. The predicted molar refractivity (Wildman–Crippen MR) is 90.7 cm³/mol. The van der Waals surface area contributed by atoms with Gasteiger partial charge in [-0.1, -0.05) is 11.6 Å². The molecule has 0 aliphatic carbocycles. The van der Waals surface area contributed by atoms with Crippen LogP contribution in [0.1, 0.15) is 12.8 Å². The molecule has 1 aromatic rings. The number of hydrogen-bond acceptors (Lipinski definition) is 4. The van der Waals surface area contributed by atoms with Crippen molar-refractivity contribution in [3.05, 3.63) is 23.2 Å². The third kappa shape index (κ3) is 4.73. The lowest BCUT2D eigenvalue weighted by atomic mass is 10.2. The van der Waals surface area contributed by atoms with Crippen LogP contribution in [0.25, 0.3) is 0 Å². The van der Waals surface area contributed by atoms with Crippen molar-refractivity contribution >= 4 is 39.0 Å². The number of nitrogens with one attached hydrogen (secondary N) is 2. The number of carbonyl (C=O) groups is 1. The molecule has 0 unspecified atom stereocenters. The van der Waals surface area contributed by atoms with Crippen molar-refractivity contribution in [3.8, 4) is 0 Å². The molecule has 9 heteroatoms. The zero-order valence-corrected chi connectivity index (χ0v) is 14.4. The van der Waals surface area contributed by atoms with Gasteiger partial charge < -0.3 is 15.4 Å². The molecule has 2 amide bonds. The fourth-order valence-electron chi connectivity index (χ4n) is 2.29. The standard InChI is InChI=1S/C14H20ClN3O4S/c1-22-8-6-16-14(19)17-11-4-5-13(12(15)10-11)18-7-2-3-9-23(18,20)21/h4-5,10H,2-3,6-9H2,1H3,(H2,16,17,19). The first-order valence-corrected chi connectivity index (χ1v) is 9.26. The van der Waals surface area contributed by atoms with Crippen LogP contribution in [0, 0.1) is 0 Å². The van der Waals surface area contributed by atoms with Crippen LogP contribution in [0.4, 0.5) is 16.2 Å². The number of ether oxygens (including phenoxy) is 1. The molecule has 1 aliphatic rings. The van der Waals surface area contributed by atoms with Crippen LogP contribution in [0.3, 0.4) is 0 Å². The molecular formula is C14H20ClN3O4S. The summed E-state index contributed by atoms with van der Waals surface area (Å²) >= 11 is 6.20. The van der Waals surface area contributed by atoms with Gasteiger partial charge >= 0.3 is 6.03 Å². The van der Waals surface area contributed by atoms with Crippen molar-refractivity contribution in [2.24, 2.45) is 0 Å². The van der Waals surface area contributed by atoms with E-state index in [1.54, 1.807) is 19.2 Å². The number of hydrogen-bond donors (Lipinski definition) is 2. The second-order valence-electron chi connectivity index (χ2n) is 5.14. The van der Waals surface area contributed by atoms with E-state index in [9.17, 15) is 13.2 Å². The maximum Gasteiger partial charge on any atom is 0.319 e. The van der Waals surface area contributed by atoms with Crippen molar-refractivity contribution in [2.75, 3.05) is 42.2 Å². The molecule has 1 fully saturated rings. The first-order chi connectivity index (χ1) is 10.9. The maximum atomic E-state index is 12.1. The quantitative estimate of drug-likeness (QED) is 0.785. The summed E-state index contributed by atoms with van der Waals surface area (Å²) < 4.78 is 30.4. The summed E-state index contributed by atoms with van der Waals surface area (Å²) in [7, 11) is -1.77. The van der Waals surface area contributed by atoms with E-state index in [0.717, 1.165) is 6.42 Å². The monoisotopic (exact) mass is 361 g/mol. The first-order valence-electron chi connectivity index (χ1n) is 7.28. The van der Waals surface area contributed by atoms with Gasteiger partial charge in [0.15, 0.2) is 0 Å². The van der Waals surface area contributed by atoms with E-state index in [2.05, 4.69) is 10.6 Å². The number of sulfonamides is 1. The Balaban J connectivity index is 2.07. The van der Waals surface area contributed by atoms with Crippen molar-refractivity contribution in [2.45, 2.75) is 12.8 Å². The van der Waals surface area contributed by atoms with Crippen LogP contribution in [0.5, 0.6) is 0 Å². The number of benzene rings is 1. The summed E-state index contributed by atoms with van der Waals surface area (Å²) in [6.07, 6.45) is 1.47. The number of anilines is 2. The Morgan fingerprint density at radius 3 is 2.83 bits per heavy atom. The zero-order valence-electron chi connectivity index (χ0n) is 12.8. The summed E-state index contributed by atoms with van der Waals surface area (Å²) in [5.41, 5.74) is 0.930. The molecule has 0 spiro atoms. The number of methoxy groups -OCH3 is 1. The van der Waals surface area contributed by atoms with Crippen LogP contribution in [0.2, 0.25) is 5.02 Å². The predicted octanol–water partition coefficient (Wildman–Crippen LogP) is 2.04. The van der Waals surface area contributed by atoms with Crippen LogP contribution >= 0.6 is 11.6 Å². The lowest BCUT2D eigenvalue weighted by molar-refractivity contribution is 0.198. The minimum absolute atomic E-state index is 0.130. The molecule has 1 aliphatic heterocycles. The molecule has 0 radical (unpaired) electrons. The van der Waals surface area contributed by atoms with Crippen molar-refractivity contribution in [1.29, 1.82) is 0 Å². The highest BCUT2D eigenvalue weighted by molar-refractivity contribution is 7.92. The van der Waals surface area contributed by atoms with E-state index in [1.165, 1.54) is 10.4 Å².